The third-order valence-electron chi connectivity index (χ3n) is 2.74. The molecule has 0 heterocycles. The Morgan fingerprint density at radius 3 is 2.20 bits per heavy atom. The Bertz CT molecular complexity index is 175. The quantitative estimate of drug-likeness (QED) is 0.674. The van der Waals surface area contributed by atoms with Crippen molar-refractivity contribution in [3.05, 3.63) is 0 Å². The van der Waals surface area contributed by atoms with E-state index < -0.39 is 0 Å². The molecule has 2 heteroatoms. The van der Waals surface area contributed by atoms with E-state index in [1.807, 2.05) is 6.92 Å². The minimum absolute atomic E-state index is 0.0662. The molecule has 0 saturated heterocycles. The topological polar surface area (TPSA) is 37.3 Å². The standard InChI is InChI=1S/C13H26O2/c1-5-7-12(14)9-11(8-10(3)4)13(15)6-2/h10-12,14H,5-9H2,1-4H3. The molecule has 0 spiro atoms. The van der Waals surface area contributed by atoms with Crippen molar-refractivity contribution in [2.45, 2.75) is 65.9 Å². The van der Waals surface area contributed by atoms with Crippen molar-refractivity contribution < 1.29 is 9.90 Å². The lowest BCUT2D eigenvalue weighted by molar-refractivity contribution is -0.124. The van der Waals surface area contributed by atoms with E-state index in [4.69, 9.17) is 0 Å². The summed E-state index contributed by atoms with van der Waals surface area (Å²) in [5.41, 5.74) is 0. The van der Waals surface area contributed by atoms with Crippen molar-refractivity contribution in [2.75, 3.05) is 0 Å². The van der Waals surface area contributed by atoms with Crippen molar-refractivity contribution >= 4 is 5.78 Å². The van der Waals surface area contributed by atoms with Crippen LogP contribution in [0.1, 0.15) is 59.8 Å². The molecule has 2 unspecified atom stereocenters. The van der Waals surface area contributed by atoms with E-state index in [9.17, 15) is 9.90 Å². The largest absolute Gasteiger partial charge is 0.393 e. The van der Waals surface area contributed by atoms with Crippen LogP contribution in [0.15, 0.2) is 0 Å². The van der Waals surface area contributed by atoms with Crippen LogP contribution >= 0.6 is 0 Å². The zero-order chi connectivity index (χ0) is 11.8. The van der Waals surface area contributed by atoms with Gasteiger partial charge in [0.15, 0.2) is 0 Å². The van der Waals surface area contributed by atoms with E-state index in [-0.39, 0.29) is 12.0 Å². The minimum atomic E-state index is -0.297. The third-order valence-corrected chi connectivity index (χ3v) is 2.74. The summed E-state index contributed by atoms with van der Waals surface area (Å²) in [6.45, 7) is 8.22. The second-order valence-electron chi connectivity index (χ2n) is 4.82. The molecular weight excluding hydrogens is 188 g/mol. The molecule has 1 N–H and O–H groups in total. The number of carbonyl (C=O) groups excluding carboxylic acids is 1. The highest BCUT2D eigenvalue weighted by Gasteiger charge is 2.21. The number of hydrogen-bond donors (Lipinski definition) is 1. The van der Waals surface area contributed by atoms with Crippen LogP contribution in [0, 0.1) is 11.8 Å². The van der Waals surface area contributed by atoms with Gasteiger partial charge < -0.3 is 5.11 Å². The summed E-state index contributed by atoms with van der Waals surface area (Å²) in [7, 11) is 0. The lowest BCUT2D eigenvalue weighted by Gasteiger charge is -2.20. The molecule has 0 rings (SSSR count). The van der Waals surface area contributed by atoms with Gasteiger partial charge >= 0.3 is 0 Å². The number of ketones is 1. The monoisotopic (exact) mass is 214 g/mol. The van der Waals surface area contributed by atoms with Gasteiger partial charge in [-0.15, -0.1) is 0 Å². The minimum Gasteiger partial charge on any atom is -0.393 e. The molecule has 0 bridgehead atoms. The summed E-state index contributed by atoms with van der Waals surface area (Å²) in [5, 5.41) is 9.72. The molecule has 0 aliphatic carbocycles. The second kappa shape index (κ2) is 7.86. The van der Waals surface area contributed by atoms with E-state index in [1.54, 1.807) is 0 Å². The Morgan fingerprint density at radius 1 is 1.20 bits per heavy atom. The van der Waals surface area contributed by atoms with E-state index in [0.29, 0.717) is 24.5 Å². The predicted octanol–water partition coefficient (Wildman–Crippen LogP) is 3.18. The van der Waals surface area contributed by atoms with Gasteiger partial charge in [0.25, 0.3) is 0 Å². The van der Waals surface area contributed by atoms with E-state index in [0.717, 1.165) is 19.3 Å². The summed E-state index contributed by atoms with van der Waals surface area (Å²) >= 11 is 0. The molecule has 15 heavy (non-hydrogen) atoms. The smallest absolute Gasteiger partial charge is 0.135 e. The first-order chi connectivity index (χ1) is 7.01. The molecule has 2 atom stereocenters. The number of carbonyl (C=O) groups is 1. The van der Waals surface area contributed by atoms with Gasteiger partial charge in [0.1, 0.15) is 5.78 Å². The third kappa shape index (κ3) is 6.67. The van der Waals surface area contributed by atoms with Gasteiger partial charge in [-0.05, 0) is 25.2 Å². The molecule has 90 valence electrons. The average molecular weight is 214 g/mol. The molecule has 0 saturated carbocycles. The summed E-state index contributed by atoms with van der Waals surface area (Å²) in [5.74, 6) is 0.898. The van der Waals surface area contributed by atoms with E-state index >= 15 is 0 Å². The van der Waals surface area contributed by atoms with Gasteiger partial charge in [-0.2, -0.15) is 0 Å². The van der Waals surface area contributed by atoms with Gasteiger partial charge in [0.2, 0.25) is 0 Å². The highest BCUT2D eigenvalue weighted by Crippen LogP contribution is 2.21. The van der Waals surface area contributed by atoms with Crippen molar-refractivity contribution in [2.24, 2.45) is 11.8 Å². The Morgan fingerprint density at radius 2 is 1.80 bits per heavy atom. The molecule has 0 aromatic carbocycles. The maximum absolute atomic E-state index is 11.7. The van der Waals surface area contributed by atoms with Crippen molar-refractivity contribution in [3.63, 3.8) is 0 Å². The van der Waals surface area contributed by atoms with Crippen LogP contribution in [-0.4, -0.2) is 17.0 Å². The lowest BCUT2D eigenvalue weighted by atomic mass is 9.86. The molecule has 2 nitrogen and oxygen atoms in total. The number of hydrogen-bond acceptors (Lipinski definition) is 2. The van der Waals surface area contributed by atoms with Gasteiger partial charge in [0.05, 0.1) is 6.10 Å². The summed E-state index contributed by atoms with van der Waals surface area (Å²) in [6, 6.07) is 0. The van der Waals surface area contributed by atoms with Gasteiger partial charge in [-0.1, -0.05) is 34.1 Å². The summed E-state index contributed by atoms with van der Waals surface area (Å²) in [6.07, 6.45) is 3.65. The number of rotatable bonds is 8. The van der Waals surface area contributed by atoms with Crippen molar-refractivity contribution in [3.8, 4) is 0 Å². The maximum atomic E-state index is 11.7. The van der Waals surface area contributed by atoms with E-state index in [2.05, 4.69) is 20.8 Å². The molecule has 0 fully saturated rings. The first-order valence-electron chi connectivity index (χ1n) is 6.21. The fourth-order valence-corrected chi connectivity index (χ4v) is 2.00. The molecular formula is C13H26O2. The highest BCUT2D eigenvalue weighted by atomic mass is 16.3. The molecule has 0 aromatic heterocycles. The Kier molecular flexibility index (Phi) is 7.67. The highest BCUT2D eigenvalue weighted by molar-refractivity contribution is 5.80. The molecule has 0 radical (unpaired) electrons. The van der Waals surface area contributed by atoms with Crippen LogP contribution in [-0.2, 0) is 4.79 Å². The van der Waals surface area contributed by atoms with Crippen LogP contribution in [0.5, 0.6) is 0 Å². The molecule has 0 aliphatic rings. The normalized spacial score (nSPS) is 15.3. The zero-order valence-electron chi connectivity index (χ0n) is 10.6. The van der Waals surface area contributed by atoms with Crippen molar-refractivity contribution in [1.82, 2.24) is 0 Å². The molecule has 0 aliphatic heterocycles. The number of Topliss-reactive ketones (excluding diaryl/α,β-unsaturated/α-hetero) is 1. The zero-order valence-corrected chi connectivity index (χ0v) is 10.6. The molecule has 0 aromatic rings. The van der Waals surface area contributed by atoms with Gasteiger partial charge in [0, 0.05) is 12.3 Å². The molecule has 0 amide bonds. The average Bonchev–Trinajstić information content (AvgIpc) is 2.15. The van der Waals surface area contributed by atoms with Gasteiger partial charge in [-0.3, -0.25) is 4.79 Å². The number of aliphatic hydroxyl groups is 1. The fourth-order valence-electron chi connectivity index (χ4n) is 2.00. The van der Waals surface area contributed by atoms with Crippen LogP contribution in [0.4, 0.5) is 0 Å². The van der Waals surface area contributed by atoms with Crippen LogP contribution in [0.25, 0.3) is 0 Å². The maximum Gasteiger partial charge on any atom is 0.135 e. The predicted molar refractivity (Wildman–Crippen MR) is 63.8 cm³/mol. The van der Waals surface area contributed by atoms with Crippen molar-refractivity contribution in [1.29, 1.82) is 0 Å². The number of aliphatic hydroxyl groups excluding tert-OH is 1. The SMILES string of the molecule is CCCC(O)CC(CC(C)C)C(=O)CC. The van der Waals surface area contributed by atoms with Crippen LogP contribution in [0.2, 0.25) is 0 Å². The Balaban J connectivity index is 4.17. The fraction of sp³-hybridized carbons (Fsp3) is 0.923. The Hall–Kier alpha value is -0.370. The van der Waals surface area contributed by atoms with E-state index in [1.165, 1.54) is 0 Å². The summed E-state index contributed by atoms with van der Waals surface area (Å²) in [4.78, 5) is 11.7. The van der Waals surface area contributed by atoms with Crippen LogP contribution < -0.4 is 0 Å². The first-order valence-corrected chi connectivity index (χ1v) is 6.21. The lowest BCUT2D eigenvalue weighted by Crippen LogP contribution is -2.22. The summed E-state index contributed by atoms with van der Waals surface area (Å²) < 4.78 is 0. The first kappa shape index (κ1) is 14.6. The van der Waals surface area contributed by atoms with Crippen LogP contribution in [0.3, 0.4) is 0 Å². The van der Waals surface area contributed by atoms with Gasteiger partial charge in [-0.25, -0.2) is 0 Å². The second-order valence-corrected chi connectivity index (χ2v) is 4.82. The Labute approximate surface area is 94.1 Å².